The number of rotatable bonds is 7. The summed E-state index contributed by atoms with van der Waals surface area (Å²) in [7, 11) is 1.70. The molecule has 3 aromatic rings. The molecular weight excluding hydrogens is 294 g/mol. The van der Waals surface area contributed by atoms with Gasteiger partial charge in [0.2, 0.25) is 0 Å². The summed E-state index contributed by atoms with van der Waals surface area (Å²) in [5.41, 5.74) is 3.79. The summed E-state index contributed by atoms with van der Waals surface area (Å²) >= 11 is 0. The van der Waals surface area contributed by atoms with Crippen molar-refractivity contribution in [1.29, 1.82) is 0 Å². The Morgan fingerprint density at radius 1 is 0.792 bits per heavy atom. The van der Waals surface area contributed by atoms with Gasteiger partial charge < -0.3 is 10.1 Å². The number of nitrogens with one attached hydrogen (secondary N) is 1. The lowest BCUT2D eigenvalue weighted by molar-refractivity contribution is 0.414. The molecule has 0 amide bonds. The minimum absolute atomic E-state index is 0.263. The zero-order chi connectivity index (χ0) is 16.6. The van der Waals surface area contributed by atoms with E-state index in [2.05, 4.69) is 72.0 Å². The van der Waals surface area contributed by atoms with Crippen LogP contribution in [0, 0.1) is 0 Å². The van der Waals surface area contributed by atoms with Crippen molar-refractivity contribution >= 4 is 5.69 Å². The summed E-state index contributed by atoms with van der Waals surface area (Å²) in [5, 5.41) is 3.66. The van der Waals surface area contributed by atoms with Crippen molar-refractivity contribution in [1.82, 2.24) is 0 Å². The number of para-hydroxylation sites is 1. The minimum Gasteiger partial charge on any atom is -0.497 e. The number of hydrogen-bond donors (Lipinski definition) is 1. The number of anilines is 1. The van der Waals surface area contributed by atoms with E-state index in [9.17, 15) is 0 Å². The van der Waals surface area contributed by atoms with E-state index in [1.165, 1.54) is 11.1 Å². The third-order valence-electron chi connectivity index (χ3n) is 4.20. The highest BCUT2D eigenvalue weighted by atomic mass is 16.5. The molecule has 0 fully saturated rings. The molecule has 0 saturated carbocycles. The van der Waals surface area contributed by atoms with Gasteiger partial charge in [-0.1, -0.05) is 60.7 Å². The first-order valence-electron chi connectivity index (χ1n) is 8.34. The molecule has 0 aliphatic carbocycles. The maximum absolute atomic E-state index is 5.28. The molecule has 2 nitrogen and oxygen atoms in total. The fourth-order valence-corrected chi connectivity index (χ4v) is 2.85. The molecule has 0 bridgehead atoms. The van der Waals surface area contributed by atoms with Gasteiger partial charge in [0.1, 0.15) is 5.75 Å². The Bertz CT molecular complexity index is 723. The van der Waals surface area contributed by atoms with Crippen molar-refractivity contribution in [2.45, 2.75) is 18.9 Å². The highest BCUT2D eigenvalue weighted by Gasteiger charge is 2.12. The van der Waals surface area contributed by atoms with E-state index in [1.807, 2.05) is 18.2 Å². The normalized spacial score (nSPS) is 11.7. The second kappa shape index (κ2) is 8.21. The smallest absolute Gasteiger partial charge is 0.118 e. The second-order valence-electron chi connectivity index (χ2n) is 5.86. The first kappa shape index (κ1) is 16.1. The molecule has 0 aromatic heterocycles. The van der Waals surface area contributed by atoms with Gasteiger partial charge in [0, 0.05) is 5.69 Å². The standard InChI is InChI=1S/C22H23NO/c1-24-21-15-13-19(14-16-21)22(23-20-10-6-3-7-11-20)17-12-18-8-4-2-5-9-18/h2-11,13-16,22-23H,12,17H2,1H3. The van der Waals surface area contributed by atoms with E-state index in [1.54, 1.807) is 7.11 Å². The molecular formula is C22H23NO. The molecule has 3 rings (SSSR count). The Balaban J connectivity index is 1.76. The van der Waals surface area contributed by atoms with E-state index < -0.39 is 0 Å². The number of benzene rings is 3. The van der Waals surface area contributed by atoms with Gasteiger partial charge in [-0.05, 0) is 48.2 Å². The third kappa shape index (κ3) is 4.39. The molecule has 122 valence electrons. The highest BCUT2D eigenvalue weighted by Crippen LogP contribution is 2.26. The van der Waals surface area contributed by atoms with E-state index in [-0.39, 0.29) is 6.04 Å². The summed E-state index contributed by atoms with van der Waals surface area (Å²) in [4.78, 5) is 0. The van der Waals surface area contributed by atoms with Crippen molar-refractivity contribution in [3.63, 3.8) is 0 Å². The van der Waals surface area contributed by atoms with Gasteiger partial charge >= 0.3 is 0 Å². The first-order chi connectivity index (χ1) is 11.8. The zero-order valence-electron chi connectivity index (χ0n) is 14.0. The van der Waals surface area contributed by atoms with E-state index in [0.717, 1.165) is 24.3 Å². The molecule has 1 N–H and O–H groups in total. The lowest BCUT2D eigenvalue weighted by atomic mass is 9.98. The van der Waals surface area contributed by atoms with Gasteiger partial charge in [0.25, 0.3) is 0 Å². The Morgan fingerprint density at radius 2 is 1.42 bits per heavy atom. The van der Waals surface area contributed by atoms with Crippen LogP contribution in [0.4, 0.5) is 5.69 Å². The molecule has 3 aromatic carbocycles. The summed E-state index contributed by atoms with van der Waals surface area (Å²) in [6, 6.07) is 29.6. The molecule has 0 heterocycles. The van der Waals surface area contributed by atoms with Gasteiger partial charge in [0.15, 0.2) is 0 Å². The summed E-state index contributed by atoms with van der Waals surface area (Å²) in [6.07, 6.45) is 2.07. The minimum atomic E-state index is 0.263. The van der Waals surface area contributed by atoms with Crippen molar-refractivity contribution in [3.8, 4) is 5.75 Å². The number of ether oxygens (including phenoxy) is 1. The van der Waals surface area contributed by atoms with Crippen LogP contribution < -0.4 is 10.1 Å². The quantitative estimate of drug-likeness (QED) is 0.623. The predicted octanol–water partition coefficient (Wildman–Crippen LogP) is 5.48. The Hall–Kier alpha value is -2.74. The maximum Gasteiger partial charge on any atom is 0.118 e. The lowest BCUT2D eigenvalue weighted by Crippen LogP contribution is -2.12. The fourth-order valence-electron chi connectivity index (χ4n) is 2.85. The molecule has 1 unspecified atom stereocenters. The fraction of sp³-hybridized carbons (Fsp3) is 0.182. The van der Waals surface area contributed by atoms with Crippen LogP contribution >= 0.6 is 0 Å². The van der Waals surface area contributed by atoms with E-state index in [4.69, 9.17) is 4.74 Å². The third-order valence-corrected chi connectivity index (χ3v) is 4.20. The van der Waals surface area contributed by atoms with E-state index in [0.29, 0.717) is 0 Å². The molecule has 0 aliphatic heterocycles. The van der Waals surface area contributed by atoms with Crippen molar-refractivity contribution in [3.05, 3.63) is 96.1 Å². The number of hydrogen-bond acceptors (Lipinski definition) is 2. The Labute approximate surface area is 144 Å². The average molecular weight is 317 g/mol. The summed E-state index contributed by atoms with van der Waals surface area (Å²) in [5.74, 6) is 0.889. The molecule has 0 radical (unpaired) electrons. The van der Waals surface area contributed by atoms with Gasteiger partial charge in [-0.3, -0.25) is 0 Å². The molecule has 1 atom stereocenters. The SMILES string of the molecule is COc1ccc(C(CCc2ccccc2)Nc2ccccc2)cc1. The Kier molecular flexibility index (Phi) is 5.52. The monoisotopic (exact) mass is 317 g/mol. The highest BCUT2D eigenvalue weighted by molar-refractivity contribution is 5.45. The van der Waals surface area contributed by atoms with Crippen LogP contribution in [-0.4, -0.2) is 7.11 Å². The number of aryl methyl sites for hydroxylation is 1. The molecule has 0 aliphatic rings. The van der Waals surface area contributed by atoms with Crippen LogP contribution in [0.15, 0.2) is 84.9 Å². The van der Waals surface area contributed by atoms with Crippen LogP contribution in [0.1, 0.15) is 23.6 Å². The van der Waals surface area contributed by atoms with Crippen LogP contribution in [0.25, 0.3) is 0 Å². The van der Waals surface area contributed by atoms with Crippen molar-refractivity contribution in [2.24, 2.45) is 0 Å². The van der Waals surface area contributed by atoms with Gasteiger partial charge in [-0.2, -0.15) is 0 Å². The van der Waals surface area contributed by atoms with Gasteiger partial charge in [-0.15, -0.1) is 0 Å². The first-order valence-corrected chi connectivity index (χ1v) is 8.34. The maximum atomic E-state index is 5.28. The lowest BCUT2D eigenvalue weighted by Gasteiger charge is -2.21. The molecule has 24 heavy (non-hydrogen) atoms. The predicted molar refractivity (Wildman–Crippen MR) is 101 cm³/mol. The van der Waals surface area contributed by atoms with Crippen molar-refractivity contribution < 1.29 is 4.74 Å². The number of methoxy groups -OCH3 is 1. The molecule has 2 heteroatoms. The molecule has 0 spiro atoms. The van der Waals surface area contributed by atoms with Gasteiger partial charge in [-0.25, -0.2) is 0 Å². The van der Waals surface area contributed by atoms with Crippen LogP contribution in [0.2, 0.25) is 0 Å². The van der Waals surface area contributed by atoms with E-state index >= 15 is 0 Å². The Morgan fingerprint density at radius 3 is 2.04 bits per heavy atom. The van der Waals surface area contributed by atoms with Crippen LogP contribution in [0.3, 0.4) is 0 Å². The van der Waals surface area contributed by atoms with Gasteiger partial charge in [0.05, 0.1) is 13.2 Å². The molecule has 0 saturated heterocycles. The zero-order valence-corrected chi connectivity index (χ0v) is 14.0. The van der Waals surface area contributed by atoms with Crippen LogP contribution in [-0.2, 0) is 6.42 Å². The largest absolute Gasteiger partial charge is 0.497 e. The summed E-state index contributed by atoms with van der Waals surface area (Å²) in [6.45, 7) is 0. The topological polar surface area (TPSA) is 21.3 Å². The summed E-state index contributed by atoms with van der Waals surface area (Å²) < 4.78 is 5.28. The second-order valence-corrected chi connectivity index (χ2v) is 5.86. The average Bonchev–Trinajstić information content (AvgIpc) is 2.67. The van der Waals surface area contributed by atoms with Crippen LogP contribution in [0.5, 0.6) is 5.75 Å². The van der Waals surface area contributed by atoms with Crippen molar-refractivity contribution in [2.75, 3.05) is 12.4 Å².